The molecule has 1 fully saturated rings. The van der Waals surface area contributed by atoms with E-state index in [1.54, 1.807) is 13.4 Å². The molecule has 6 nitrogen and oxygen atoms in total. The van der Waals surface area contributed by atoms with Gasteiger partial charge in [0.15, 0.2) is 0 Å². The molecular weight excluding hydrogens is 359 g/mol. The van der Waals surface area contributed by atoms with E-state index in [0.29, 0.717) is 18.9 Å². The second-order valence-electron chi connectivity index (χ2n) is 6.46. The van der Waals surface area contributed by atoms with E-state index in [4.69, 9.17) is 4.74 Å². The van der Waals surface area contributed by atoms with Gasteiger partial charge in [-0.3, -0.25) is 0 Å². The van der Waals surface area contributed by atoms with E-state index in [1.807, 2.05) is 23.1 Å². The van der Waals surface area contributed by atoms with E-state index in [2.05, 4.69) is 19.5 Å². The van der Waals surface area contributed by atoms with Crippen molar-refractivity contribution >= 4 is 16.9 Å². The number of alkyl halides is 3. The molecule has 0 saturated carbocycles. The monoisotopic (exact) mass is 377 g/mol. The lowest BCUT2D eigenvalue weighted by Gasteiger charge is -2.33. The summed E-state index contributed by atoms with van der Waals surface area (Å²) in [5.74, 6) is 1.04. The number of hydrogen-bond acceptors (Lipinski definition) is 5. The number of nitrogens with zero attached hydrogens (tertiary/aromatic N) is 5. The third-order valence-electron chi connectivity index (χ3n) is 4.91. The Balaban J connectivity index is 1.52. The van der Waals surface area contributed by atoms with E-state index in [0.717, 1.165) is 42.0 Å². The summed E-state index contributed by atoms with van der Waals surface area (Å²) in [6, 6.07) is 7.03. The summed E-state index contributed by atoms with van der Waals surface area (Å²) in [6.45, 7) is 1.23. The molecule has 1 aliphatic rings. The molecule has 3 aromatic rings. The maximum Gasteiger partial charge on any atom is 0.433 e. The third-order valence-corrected chi connectivity index (χ3v) is 4.91. The molecule has 0 radical (unpaired) electrons. The Morgan fingerprint density at radius 1 is 1.11 bits per heavy atom. The molecule has 1 aliphatic heterocycles. The summed E-state index contributed by atoms with van der Waals surface area (Å²) in [5.41, 5.74) is 0.893. The number of ether oxygens (including phenoxy) is 1. The Morgan fingerprint density at radius 2 is 1.89 bits per heavy atom. The van der Waals surface area contributed by atoms with Crippen molar-refractivity contribution in [1.29, 1.82) is 0 Å². The van der Waals surface area contributed by atoms with Crippen LogP contribution in [0, 0.1) is 0 Å². The van der Waals surface area contributed by atoms with Crippen LogP contribution in [0.5, 0.6) is 5.75 Å². The first kappa shape index (κ1) is 17.6. The summed E-state index contributed by atoms with van der Waals surface area (Å²) in [7, 11) is 1.61. The Hall–Kier alpha value is -2.84. The average molecular weight is 377 g/mol. The Morgan fingerprint density at radius 3 is 2.59 bits per heavy atom. The topological polar surface area (TPSA) is 56.1 Å². The first-order chi connectivity index (χ1) is 13.0. The van der Waals surface area contributed by atoms with Gasteiger partial charge in [0, 0.05) is 25.2 Å². The van der Waals surface area contributed by atoms with Gasteiger partial charge in [0.05, 0.1) is 19.0 Å². The third kappa shape index (κ3) is 3.29. The number of fused-ring (bicyclic) bond motifs is 1. The Kier molecular flexibility index (Phi) is 4.37. The number of imidazole rings is 1. The van der Waals surface area contributed by atoms with Gasteiger partial charge in [-0.15, -0.1) is 0 Å². The van der Waals surface area contributed by atoms with E-state index in [9.17, 15) is 13.2 Å². The number of rotatable bonds is 3. The maximum atomic E-state index is 12.9. The normalized spacial score (nSPS) is 16.1. The van der Waals surface area contributed by atoms with Crippen LogP contribution in [0.25, 0.3) is 11.0 Å². The van der Waals surface area contributed by atoms with Gasteiger partial charge in [0.25, 0.3) is 0 Å². The molecule has 3 heterocycles. The minimum Gasteiger partial charge on any atom is -0.494 e. The van der Waals surface area contributed by atoms with Gasteiger partial charge < -0.3 is 14.2 Å². The molecule has 0 atom stereocenters. The maximum absolute atomic E-state index is 12.9. The summed E-state index contributed by atoms with van der Waals surface area (Å²) in [4.78, 5) is 13.7. The lowest BCUT2D eigenvalue weighted by atomic mass is 10.0. The van der Waals surface area contributed by atoms with Crippen LogP contribution in [-0.4, -0.2) is 39.7 Å². The smallest absolute Gasteiger partial charge is 0.433 e. The molecule has 4 rings (SSSR count). The van der Waals surface area contributed by atoms with E-state index in [-0.39, 0.29) is 6.04 Å². The van der Waals surface area contributed by atoms with Crippen LogP contribution in [0.1, 0.15) is 24.6 Å². The van der Waals surface area contributed by atoms with Crippen LogP contribution < -0.4 is 9.64 Å². The van der Waals surface area contributed by atoms with Crippen molar-refractivity contribution in [2.45, 2.75) is 25.1 Å². The average Bonchev–Trinajstić information content (AvgIpc) is 3.12. The van der Waals surface area contributed by atoms with Crippen LogP contribution in [0.2, 0.25) is 0 Å². The second kappa shape index (κ2) is 6.71. The van der Waals surface area contributed by atoms with Crippen LogP contribution in [0.15, 0.2) is 36.9 Å². The molecular formula is C18H18F3N5O. The number of para-hydroxylation sites is 1. The Bertz CT molecular complexity index is 948. The Labute approximate surface area is 153 Å². The molecule has 0 bridgehead atoms. The minimum atomic E-state index is -4.47. The van der Waals surface area contributed by atoms with Crippen molar-refractivity contribution < 1.29 is 17.9 Å². The van der Waals surface area contributed by atoms with E-state index < -0.39 is 11.9 Å². The molecule has 2 aromatic heterocycles. The fourth-order valence-corrected chi connectivity index (χ4v) is 3.53. The van der Waals surface area contributed by atoms with Crippen LogP contribution >= 0.6 is 0 Å². The van der Waals surface area contributed by atoms with Gasteiger partial charge >= 0.3 is 6.18 Å². The quantitative estimate of drug-likeness (QED) is 0.697. The fourth-order valence-electron chi connectivity index (χ4n) is 3.53. The molecule has 0 N–H and O–H groups in total. The number of aromatic nitrogens is 4. The summed E-state index contributed by atoms with van der Waals surface area (Å²) < 4.78 is 46.1. The van der Waals surface area contributed by atoms with Gasteiger partial charge in [0.2, 0.25) is 0 Å². The van der Waals surface area contributed by atoms with Crippen molar-refractivity contribution in [1.82, 2.24) is 19.5 Å². The van der Waals surface area contributed by atoms with Crippen molar-refractivity contribution in [3.05, 3.63) is 42.6 Å². The zero-order chi connectivity index (χ0) is 19.0. The zero-order valence-electron chi connectivity index (χ0n) is 14.6. The summed E-state index contributed by atoms with van der Waals surface area (Å²) >= 11 is 0. The van der Waals surface area contributed by atoms with E-state index in [1.165, 1.54) is 0 Å². The highest BCUT2D eigenvalue weighted by atomic mass is 19.4. The number of piperidine rings is 1. The number of methoxy groups -OCH3 is 1. The molecule has 27 heavy (non-hydrogen) atoms. The van der Waals surface area contributed by atoms with E-state index >= 15 is 0 Å². The molecule has 0 amide bonds. The van der Waals surface area contributed by atoms with Gasteiger partial charge in [-0.1, -0.05) is 6.07 Å². The molecule has 0 aliphatic carbocycles. The lowest BCUT2D eigenvalue weighted by molar-refractivity contribution is -0.141. The summed E-state index contributed by atoms with van der Waals surface area (Å²) in [5, 5.41) is 0. The SMILES string of the molecule is COc1cccc2c1ncn2C1CCN(c2cc(C(F)(F)F)ncn2)CC1. The largest absolute Gasteiger partial charge is 0.494 e. The molecule has 1 saturated heterocycles. The summed E-state index contributed by atoms with van der Waals surface area (Å²) in [6.07, 6.45) is -0.118. The van der Waals surface area contributed by atoms with Crippen molar-refractivity contribution in [2.24, 2.45) is 0 Å². The van der Waals surface area contributed by atoms with Crippen molar-refractivity contribution in [2.75, 3.05) is 25.1 Å². The predicted octanol–water partition coefficient (Wildman–Crippen LogP) is 3.70. The van der Waals surface area contributed by atoms with Gasteiger partial charge in [-0.2, -0.15) is 13.2 Å². The number of benzene rings is 1. The second-order valence-corrected chi connectivity index (χ2v) is 6.46. The highest BCUT2D eigenvalue weighted by molar-refractivity contribution is 5.82. The molecule has 142 valence electrons. The highest BCUT2D eigenvalue weighted by Crippen LogP contribution is 2.33. The van der Waals surface area contributed by atoms with Crippen LogP contribution in [0.4, 0.5) is 19.0 Å². The highest BCUT2D eigenvalue weighted by Gasteiger charge is 2.33. The molecule has 0 spiro atoms. The standard InChI is InChI=1S/C18H18F3N5O/c1-27-14-4-2-3-13-17(14)24-11-26(13)12-5-7-25(8-6-12)16-9-15(18(19,20)21)22-10-23-16/h2-4,9-12H,5-8H2,1H3. The number of hydrogen-bond donors (Lipinski definition) is 0. The predicted molar refractivity (Wildman–Crippen MR) is 93.8 cm³/mol. The van der Waals surface area contributed by atoms with Gasteiger partial charge in [-0.25, -0.2) is 15.0 Å². The first-order valence-electron chi connectivity index (χ1n) is 8.61. The fraction of sp³-hybridized carbons (Fsp3) is 0.389. The minimum absolute atomic E-state index is 0.224. The van der Waals surface area contributed by atoms with Crippen LogP contribution in [-0.2, 0) is 6.18 Å². The van der Waals surface area contributed by atoms with Crippen molar-refractivity contribution in [3.8, 4) is 5.75 Å². The van der Waals surface area contributed by atoms with Crippen molar-refractivity contribution in [3.63, 3.8) is 0 Å². The lowest BCUT2D eigenvalue weighted by Crippen LogP contribution is -2.35. The molecule has 0 unspecified atom stereocenters. The number of halogens is 3. The van der Waals surface area contributed by atoms with Gasteiger partial charge in [0.1, 0.15) is 29.1 Å². The molecule has 9 heteroatoms. The molecule has 1 aromatic carbocycles. The number of anilines is 1. The van der Waals surface area contributed by atoms with Crippen LogP contribution in [0.3, 0.4) is 0 Å². The van der Waals surface area contributed by atoms with Gasteiger partial charge in [-0.05, 0) is 25.0 Å². The first-order valence-corrected chi connectivity index (χ1v) is 8.61. The zero-order valence-corrected chi connectivity index (χ0v) is 14.6.